The van der Waals surface area contributed by atoms with Gasteiger partial charge in [0.05, 0.1) is 24.2 Å². The van der Waals surface area contributed by atoms with Crippen molar-refractivity contribution in [2.45, 2.75) is 13.0 Å². The third-order valence-electron chi connectivity index (χ3n) is 5.02. The molecular weight excluding hydrogens is 376 g/mol. The van der Waals surface area contributed by atoms with Crippen LogP contribution in [-0.4, -0.2) is 47.3 Å². The summed E-state index contributed by atoms with van der Waals surface area (Å²) in [5, 5.41) is 0.476. The molecule has 8 heteroatoms. The second-order valence-corrected chi connectivity index (χ2v) is 6.88. The van der Waals surface area contributed by atoms with E-state index in [2.05, 4.69) is 0 Å². The molecule has 2 aromatic rings. The lowest BCUT2D eigenvalue weighted by molar-refractivity contribution is -0.173. The summed E-state index contributed by atoms with van der Waals surface area (Å²) in [5.74, 6) is -2.36. The molecule has 4 rings (SSSR count). The summed E-state index contributed by atoms with van der Waals surface area (Å²) < 4.78 is 5.11. The smallest absolute Gasteiger partial charge is 0.338 e. The summed E-state index contributed by atoms with van der Waals surface area (Å²) in [5.41, 5.74) is 1.27. The molecule has 1 saturated heterocycles. The summed E-state index contributed by atoms with van der Waals surface area (Å²) >= 11 is 0. The van der Waals surface area contributed by atoms with E-state index in [1.165, 1.54) is 12.1 Å². The number of amides is 3. The zero-order chi connectivity index (χ0) is 20.5. The third-order valence-corrected chi connectivity index (χ3v) is 5.02. The number of hydrogen-bond donors (Lipinski definition) is 0. The number of methoxy groups -OCH3 is 1. The molecule has 1 unspecified atom stereocenters. The first-order valence-electron chi connectivity index (χ1n) is 9.08. The van der Waals surface area contributed by atoms with Crippen molar-refractivity contribution >= 4 is 23.7 Å². The van der Waals surface area contributed by atoms with Crippen LogP contribution in [0.2, 0.25) is 0 Å². The van der Waals surface area contributed by atoms with Crippen LogP contribution in [0.25, 0.3) is 0 Å². The molecule has 3 amide bonds. The summed E-state index contributed by atoms with van der Waals surface area (Å²) in [4.78, 5) is 56.1. The molecule has 0 radical (unpaired) electrons. The highest BCUT2D eigenvalue weighted by Gasteiger charge is 2.42. The predicted octanol–water partition coefficient (Wildman–Crippen LogP) is 1.80. The quantitative estimate of drug-likeness (QED) is 0.718. The average molecular weight is 394 g/mol. The maximum atomic E-state index is 12.5. The second-order valence-electron chi connectivity index (χ2n) is 6.88. The van der Waals surface area contributed by atoms with Gasteiger partial charge < -0.3 is 14.5 Å². The molecule has 0 bridgehead atoms. The molecule has 2 aliphatic rings. The van der Waals surface area contributed by atoms with E-state index in [0.29, 0.717) is 17.4 Å². The predicted molar refractivity (Wildman–Crippen MR) is 99.6 cm³/mol. The summed E-state index contributed by atoms with van der Waals surface area (Å²) in [7, 11) is 1.57. The fourth-order valence-corrected chi connectivity index (χ4v) is 3.45. The molecule has 2 heterocycles. The molecule has 29 heavy (non-hydrogen) atoms. The maximum absolute atomic E-state index is 12.5. The number of likely N-dealkylation sites (tertiary alicyclic amines) is 1. The normalized spacial score (nSPS) is 18.2. The number of hydrogen-bond acceptors (Lipinski definition) is 6. The van der Waals surface area contributed by atoms with Crippen LogP contribution in [-0.2, 0) is 21.0 Å². The van der Waals surface area contributed by atoms with Gasteiger partial charge in [-0.2, -0.15) is 0 Å². The van der Waals surface area contributed by atoms with Crippen molar-refractivity contribution < 1.29 is 28.8 Å². The van der Waals surface area contributed by atoms with Crippen LogP contribution in [0.3, 0.4) is 0 Å². The number of carbonyl (C=O) groups excluding carboxylic acids is 4. The minimum absolute atomic E-state index is 0.0296. The number of ether oxygens (including phenoxy) is 1. The topological polar surface area (TPSA) is 93.2 Å². The van der Waals surface area contributed by atoms with Gasteiger partial charge in [0.2, 0.25) is 5.91 Å². The van der Waals surface area contributed by atoms with Gasteiger partial charge in [-0.25, -0.2) is 4.79 Å². The van der Waals surface area contributed by atoms with E-state index < -0.39 is 23.7 Å². The van der Waals surface area contributed by atoms with E-state index in [1.807, 2.05) is 12.1 Å². The van der Waals surface area contributed by atoms with Crippen molar-refractivity contribution in [3.8, 4) is 5.75 Å². The average Bonchev–Trinajstić information content (AvgIpc) is 3.22. The van der Waals surface area contributed by atoms with Crippen LogP contribution >= 0.6 is 0 Å². The van der Waals surface area contributed by atoms with E-state index in [4.69, 9.17) is 9.57 Å². The maximum Gasteiger partial charge on any atom is 0.338 e. The number of nitrogens with zero attached hydrogens (tertiary/aromatic N) is 2. The van der Waals surface area contributed by atoms with Crippen molar-refractivity contribution in [1.82, 2.24) is 9.96 Å². The van der Waals surface area contributed by atoms with Gasteiger partial charge in [0.15, 0.2) is 0 Å². The first kappa shape index (κ1) is 18.7. The fraction of sp³-hybridized carbons (Fsp3) is 0.238. The lowest BCUT2D eigenvalue weighted by Gasteiger charge is -2.18. The number of carbonyl (C=O) groups is 4. The van der Waals surface area contributed by atoms with Crippen molar-refractivity contribution in [2.24, 2.45) is 5.92 Å². The van der Waals surface area contributed by atoms with Crippen molar-refractivity contribution in [2.75, 3.05) is 13.7 Å². The Morgan fingerprint density at radius 3 is 2.21 bits per heavy atom. The Bertz CT molecular complexity index is 965. The summed E-state index contributed by atoms with van der Waals surface area (Å²) in [6, 6.07) is 13.5. The van der Waals surface area contributed by atoms with Crippen LogP contribution < -0.4 is 4.74 Å². The third kappa shape index (κ3) is 3.44. The van der Waals surface area contributed by atoms with Gasteiger partial charge in [0, 0.05) is 19.5 Å². The Morgan fingerprint density at radius 1 is 1.00 bits per heavy atom. The number of benzene rings is 2. The van der Waals surface area contributed by atoms with Crippen LogP contribution in [0.15, 0.2) is 48.5 Å². The van der Waals surface area contributed by atoms with Gasteiger partial charge in [-0.1, -0.05) is 29.3 Å². The van der Waals surface area contributed by atoms with Crippen LogP contribution in [0, 0.1) is 5.92 Å². The summed E-state index contributed by atoms with van der Waals surface area (Å²) in [6.45, 7) is 0.506. The highest BCUT2D eigenvalue weighted by Crippen LogP contribution is 2.26. The molecule has 0 spiro atoms. The molecular formula is C21H18N2O6. The standard InChI is InChI=1S/C21H18N2O6/c1-28-15-8-6-13(7-9-15)11-22-12-14(10-18(22)24)21(27)29-23-19(25)16-4-2-3-5-17(16)20(23)26/h2-9,14H,10-12H2,1H3. The van der Waals surface area contributed by atoms with Crippen LogP contribution in [0.5, 0.6) is 5.75 Å². The largest absolute Gasteiger partial charge is 0.497 e. The van der Waals surface area contributed by atoms with Gasteiger partial charge in [0.25, 0.3) is 11.8 Å². The lowest BCUT2D eigenvalue weighted by Crippen LogP contribution is -2.35. The minimum Gasteiger partial charge on any atom is -0.497 e. The molecule has 148 valence electrons. The van der Waals surface area contributed by atoms with Crippen LogP contribution in [0.1, 0.15) is 32.7 Å². The molecule has 0 aliphatic carbocycles. The first-order chi connectivity index (χ1) is 14.0. The SMILES string of the molecule is COc1ccc(CN2CC(C(=O)ON3C(=O)c4ccccc4C3=O)CC2=O)cc1. The molecule has 0 saturated carbocycles. The fourth-order valence-electron chi connectivity index (χ4n) is 3.45. The van der Waals surface area contributed by atoms with E-state index in [0.717, 1.165) is 5.56 Å². The Hall–Kier alpha value is -3.68. The Labute approximate surface area is 166 Å². The number of imide groups is 1. The van der Waals surface area contributed by atoms with Gasteiger partial charge in [-0.05, 0) is 29.8 Å². The Morgan fingerprint density at radius 2 is 1.62 bits per heavy atom. The van der Waals surface area contributed by atoms with E-state index in [1.54, 1.807) is 36.3 Å². The highest BCUT2D eigenvalue weighted by atomic mass is 16.7. The highest BCUT2D eigenvalue weighted by molar-refractivity contribution is 6.20. The minimum atomic E-state index is -0.773. The van der Waals surface area contributed by atoms with Crippen LogP contribution in [0.4, 0.5) is 0 Å². The van der Waals surface area contributed by atoms with Gasteiger partial charge in [-0.3, -0.25) is 14.4 Å². The second kappa shape index (κ2) is 7.38. The van der Waals surface area contributed by atoms with Crippen molar-refractivity contribution in [1.29, 1.82) is 0 Å². The number of hydroxylamine groups is 2. The zero-order valence-electron chi connectivity index (χ0n) is 15.7. The van der Waals surface area contributed by atoms with Crippen molar-refractivity contribution in [3.05, 3.63) is 65.2 Å². The van der Waals surface area contributed by atoms with Gasteiger partial charge in [0.1, 0.15) is 5.75 Å². The molecule has 0 aromatic heterocycles. The molecule has 1 atom stereocenters. The Balaban J connectivity index is 1.39. The molecule has 8 nitrogen and oxygen atoms in total. The number of fused-ring (bicyclic) bond motifs is 1. The van der Waals surface area contributed by atoms with E-state index in [9.17, 15) is 19.2 Å². The van der Waals surface area contributed by atoms with E-state index >= 15 is 0 Å². The molecule has 2 aliphatic heterocycles. The van der Waals surface area contributed by atoms with Gasteiger partial charge in [-0.15, -0.1) is 0 Å². The first-order valence-corrected chi connectivity index (χ1v) is 9.08. The lowest BCUT2D eigenvalue weighted by atomic mass is 10.1. The molecule has 2 aromatic carbocycles. The van der Waals surface area contributed by atoms with E-state index in [-0.39, 0.29) is 30.0 Å². The van der Waals surface area contributed by atoms with Crippen molar-refractivity contribution in [3.63, 3.8) is 0 Å². The number of rotatable bonds is 5. The Kier molecular flexibility index (Phi) is 4.75. The molecule has 0 N–H and O–H groups in total. The molecule has 1 fully saturated rings. The van der Waals surface area contributed by atoms with Gasteiger partial charge >= 0.3 is 5.97 Å². The zero-order valence-corrected chi connectivity index (χ0v) is 15.7. The summed E-state index contributed by atoms with van der Waals surface area (Å²) in [6.07, 6.45) is -0.0296. The monoisotopic (exact) mass is 394 g/mol.